The van der Waals surface area contributed by atoms with Gasteiger partial charge in [-0.25, -0.2) is 0 Å². The van der Waals surface area contributed by atoms with Crippen molar-refractivity contribution in [3.05, 3.63) is 0 Å². The number of esters is 1. The van der Waals surface area contributed by atoms with Crippen LogP contribution < -0.4 is 5.73 Å². The van der Waals surface area contributed by atoms with Gasteiger partial charge in [0.1, 0.15) is 5.54 Å². The van der Waals surface area contributed by atoms with Crippen LogP contribution in [-0.2, 0) is 14.3 Å². The predicted molar refractivity (Wildman–Crippen MR) is 117 cm³/mol. The van der Waals surface area contributed by atoms with Crippen LogP contribution in [0.25, 0.3) is 0 Å². The van der Waals surface area contributed by atoms with E-state index in [1.807, 2.05) is 0 Å². The van der Waals surface area contributed by atoms with Crippen LogP contribution in [0.15, 0.2) is 0 Å². The molecule has 0 aliphatic heterocycles. The van der Waals surface area contributed by atoms with Gasteiger partial charge in [0.15, 0.2) is 0 Å². The summed E-state index contributed by atoms with van der Waals surface area (Å²) in [6, 6.07) is 0. The number of hydrogen-bond donors (Lipinski definition) is 1. The van der Waals surface area contributed by atoms with Crippen molar-refractivity contribution in [1.82, 2.24) is 0 Å². The molecule has 6 unspecified atom stereocenters. The topological polar surface area (TPSA) is 61.5 Å². The first-order chi connectivity index (χ1) is 13.1. The van der Waals surface area contributed by atoms with Crippen molar-refractivity contribution in [2.24, 2.45) is 39.7 Å². The Morgan fingerprint density at radius 2 is 1.69 bits per heavy atom. The van der Waals surface area contributed by atoms with Crippen LogP contribution in [0.3, 0.4) is 0 Å². The van der Waals surface area contributed by atoms with Crippen molar-refractivity contribution < 1.29 is 14.3 Å². The molecule has 0 aromatic carbocycles. The highest BCUT2D eigenvalue weighted by Crippen LogP contribution is 2.75. The fourth-order valence-electron chi connectivity index (χ4n) is 7.24. The van der Waals surface area contributed by atoms with Crippen LogP contribution in [0, 0.1) is 34.0 Å². The summed E-state index contributed by atoms with van der Waals surface area (Å²) in [5.41, 5.74) is 5.25. The lowest BCUT2D eigenvalue weighted by molar-refractivity contribution is -0.198. The minimum atomic E-state index is -0.971. The molecule has 29 heavy (non-hydrogen) atoms. The normalized spacial score (nSPS) is 41.3. The van der Waals surface area contributed by atoms with Gasteiger partial charge in [0.2, 0.25) is 0 Å². The average molecular weight is 408 g/mol. The van der Waals surface area contributed by atoms with E-state index < -0.39 is 5.54 Å². The maximum Gasteiger partial charge on any atom is 0.325 e. The van der Waals surface area contributed by atoms with Crippen molar-refractivity contribution in [2.45, 2.75) is 112 Å². The number of rotatable bonds is 6. The summed E-state index contributed by atoms with van der Waals surface area (Å²) in [6.45, 7) is 20.1. The summed E-state index contributed by atoms with van der Waals surface area (Å²) in [6.07, 6.45) is 6.03. The first-order valence-corrected chi connectivity index (χ1v) is 11.7. The highest BCUT2D eigenvalue weighted by atomic mass is 16.5. The lowest BCUT2D eigenvalue weighted by Gasteiger charge is -2.53. The first kappa shape index (κ1) is 23.1. The van der Waals surface area contributed by atoms with E-state index in [0.29, 0.717) is 17.9 Å². The van der Waals surface area contributed by atoms with E-state index in [4.69, 9.17) is 15.2 Å². The van der Waals surface area contributed by atoms with Gasteiger partial charge in [-0.1, -0.05) is 34.6 Å². The predicted octanol–water partition coefficient (Wildman–Crippen LogP) is 5.33. The molecule has 2 N–H and O–H groups in total. The first-order valence-electron chi connectivity index (χ1n) is 11.7. The van der Waals surface area contributed by atoms with E-state index in [-0.39, 0.29) is 28.5 Å². The van der Waals surface area contributed by atoms with Crippen LogP contribution in [-0.4, -0.2) is 29.8 Å². The Hall–Kier alpha value is -0.610. The van der Waals surface area contributed by atoms with Gasteiger partial charge < -0.3 is 15.2 Å². The van der Waals surface area contributed by atoms with Crippen LogP contribution >= 0.6 is 0 Å². The van der Waals surface area contributed by atoms with Gasteiger partial charge in [0.25, 0.3) is 0 Å². The molecule has 2 bridgehead atoms. The summed E-state index contributed by atoms with van der Waals surface area (Å²) in [4.78, 5) is 12.5. The highest BCUT2D eigenvalue weighted by molar-refractivity contribution is 5.79. The second-order valence-corrected chi connectivity index (χ2v) is 12.6. The van der Waals surface area contributed by atoms with E-state index in [0.717, 1.165) is 24.7 Å². The van der Waals surface area contributed by atoms with Crippen molar-refractivity contribution in [3.63, 3.8) is 0 Å². The molecule has 6 atom stereocenters. The second-order valence-electron chi connectivity index (χ2n) is 12.6. The Bertz CT molecular complexity index is 649. The Balaban J connectivity index is 1.98. The van der Waals surface area contributed by atoms with Crippen LogP contribution in [0.5, 0.6) is 0 Å². The molecular weight excluding hydrogens is 362 g/mol. The molecule has 0 aromatic heterocycles. The van der Waals surface area contributed by atoms with Crippen LogP contribution in [0.2, 0.25) is 0 Å². The summed E-state index contributed by atoms with van der Waals surface area (Å²) < 4.78 is 12.7. The molecule has 3 saturated carbocycles. The zero-order valence-electron chi connectivity index (χ0n) is 20.4. The molecular formula is C25H45NO3. The smallest absolute Gasteiger partial charge is 0.325 e. The fraction of sp³-hybridized carbons (Fsp3) is 0.960. The fourth-order valence-corrected chi connectivity index (χ4v) is 7.24. The van der Waals surface area contributed by atoms with Gasteiger partial charge in [-0.15, -0.1) is 0 Å². The third-order valence-electron chi connectivity index (χ3n) is 9.39. The van der Waals surface area contributed by atoms with E-state index in [1.165, 1.54) is 19.3 Å². The lowest BCUT2D eigenvalue weighted by atomic mass is 9.57. The van der Waals surface area contributed by atoms with Gasteiger partial charge in [-0.3, -0.25) is 4.79 Å². The number of fused-ring (bicyclic) bond motifs is 1. The van der Waals surface area contributed by atoms with Crippen molar-refractivity contribution in [2.75, 3.05) is 6.61 Å². The van der Waals surface area contributed by atoms with Gasteiger partial charge in [0.05, 0.1) is 18.3 Å². The molecule has 3 aliphatic carbocycles. The molecule has 3 fully saturated rings. The Morgan fingerprint density at radius 1 is 1.07 bits per heavy atom. The molecule has 4 nitrogen and oxygen atoms in total. The summed E-state index contributed by atoms with van der Waals surface area (Å²) in [5, 5.41) is 0. The van der Waals surface area contributed by atoms with Crippen LogP contribution in [0.4, 0.5) is 0 Å². The maximum absolute atomic E-state index is 12.5. The Morgan fingerprint density at radius 3 is 2.24 bits per heavy atom. The van der Waals surface area contributed by atoms with Crippen LogP contribution in [0.1, 0.15) is 94.4 Å². The van der Waals surface area contributed by atoms with Crippen molar-refractivity contribution in [3.8, 4) is 0 Å². The molecule has 4 heteroatoms. The molecule has 3 aliphatic rings. The number of carbonyl (C=O) groups excluding carboxylic acids is 1. The van der Waals surface area contributed by atoms with E-state index in [2.05, 4.69) is 48.5 Å². The summed E-state index contributed by atoms with van der Waals surface area (Å²) in [5.74, 6) is 1.62. The molecule has 0 amide bonds. The molecule has 0 aromatic rings. The largest absolute Gasteiger partial charge is 0.464 e. The Kier molecular flexibility index (Phi) is 5.53. The number of carbonyl (C=O) groups is 1. The van der Waals surface area contributed by atoms with Gasteiger partial charge in [0, 0.05) is 5.41 Å². The number of nitrogens with two attached hydrogens (primary N) is 1. The monoisotopic (exact) mass is 407 g/mol. The highest BCUT2D eigenvalue weighted by Gasteiger charge is 2.71. The van der Waals surface area contributed by atoms with E-state index in [9.17, 15) is 4.79 Å². The zero-order chi connectivity index (χ0) is 22.0. The number of ether oxygens (including phenoxy) is 2. The molecule has 3 rings (SSSR count). The quantitative estimate of drug-likeness (QED) is 0.605. The third kappa shape index (κ3) is 3.56. The lowest BCUT2D eigenvalue weighted by Crippen LogP contribution is -2.55. The Labute approximate surface area is 178 Å². The maximum atomic E-state index is 12.5. The molecule has 1 spiro atoms. The minimum Gasteiger partial charge on any atom is -0.464 e. The van der Waals surface area contributed by atoms with Crippen molar-refractivity contribution in [1.29, 1.82) is 0 Å². The van der Waals surface area contributed by atoms with Crippen molar-refractivity contribution >= 4 is 5.97 Å². The van der Waals surface area contributed by atoms with E-state index >= 15 is 0 Å². The third-order valence-corrected chi connectivity index (χ3v) is 9.39. The van der Waals surface area contributed by atoms with Gasteiger partial charge in [-0.2, -0.15) is 0 Å². The second kappa shape index (κ2) is 6.95. The molecule has 0 radical (unpaired) electrons. The molecule has 0 heterocycles. The number of hydrogen-bond acceptors (Lipinski definition) is 4. The summed E-state index contributed by atoms with van der Waals surface area (Å²) >= 11 is 0. The zero-order valence-corrected chi connectivity index (χ0v) is 20.4. The standard InChI is InChI=1S/C25H45NO3/c1-10-21(3,4)29-19-14-25-13-18(22(5,6)17(25)12-11-16(25)2)24(19,9)15-28-20(27)23(7,8)26/h16-19H,10-15,26H2,1-9H3. The average Bonchev–Trinajstić information content (AvgIpc) is 3.01. The minimum absolute atomic E-state index is 0.0923. The molecule has 168 valence electrons. The van der Waals surface area contributed by atoms with Gasteiger partial charge in [-0.05, 0) is 88.4 Å². The summed E-state index contributed by atoms with van der Waals surface area (Å²) in [7, 11) is 0. The van der Waals surface area contributed by atoms with E-state index in [1.54, 1.807) is 13.8 Å². The SMILES string of the molecule is CCC(C)(C)OC1CC23CC(C(C)(C)C2CCC3C)C1(C)COC(=O)C(C)(C)N. The van der Waals surface area contributed by atoms with Gasteiger partial charge >= 0.3 is 5.97 Å². The molecule has 0 saturated heterocycles.